The van der Waals surface area contributed by atoms with Crippen LogP contribution in [0.25, 0.3) is 0 Å². The maximum absolute atomic E-state index is 10.5. The largest absolute Gasteiger partial charge is 0.481 e. The number of hydrogen-bond donors (Lipinski definition) is 1. The van der Waals surface area contributed by atoms with Crippen LogP contribution in [0, 0.1) is 10.1 Å². The summed E-state index contributed by atoms with van der Waals surface area (Å²) in [5.41, 5.74) is 0.724. The number of nitro groups is 1. The number of carboxylic acid groups (broad SMARTS) is 1. The summed E-state index contributed by atoms with van der Waals surface area (Å²) in [5, 5.41) is 19.3. The maximum atomic E-state index is 10.5. The van der Waals surface area contributed by atoms with Gasteiger partial charge in [-0.25, -0.2) is 0 Å². The number of nitrogens with zero attached hydrogens (tertiary/aromatic N) is 1. The molecule has 0 atom stereocenters. The number of carboxylic acids is 1. The third-order valence-corrected chi connectivity index (χ3v) is 3.33. The van der Waals surface area contributed by atoms with Crippen LogP contribution in [-0.4, -0.2) is 21.8 Å². The average molecular weight is 276 g/mol. The Balaban J connectivity index is 2.54. The molecule has 0 aliphatic carbocycles. The predicted octanol–water partition coefficient (Wildman–Crippen LogP) is 2.96. The van der Waals surface area contributed by atoms with E-state index in [-0.39, 0.29) is 12.1 Å². The highest BCUT2D eigenvalue weighted by molar-refractivity contribution is 7.98. The second-order valence-corrected chi connectivity index (χ2v) is 4.74. The standard InChI is InChI=1S/C10H10ClNO4S/c11-9-5-8(12(15)16)2-1-7(9)6-17-4-3-10(13)14/h1-2,5H,3-4,6H2,(H,13,14). The van der Waals surface area contributed by atoms with Gasteiger partial charge in [0, 0.05) is 23.6 Å². The molecule has 1 N–H and O–H groups in total. The third-order valence-electron chi connectivity index (χ3n) is 1.97. The van der Waals surface area contributed by atoms with Crippen molar-refractivity contribution >= 4 is 35.0 Å². The lowest BCUT2D eigenvalue weighted by molar-refractivity contribution is -0.384. The Morgan fingerprint density at radius 2 is 2.24 bits per heavy atom. The molecule has 0 radical (unpaired) electrons. The number of non-ortho nitro benzene ring substituents is 1. The van der Waals surface area contributed by atoms with Crippen LogP contribution in [0.5, 0.6) is 0 Å². The summed E-state index contributed by atoms with van der Waals surface area (Å²) in [7, 11) is 0. The molecule has 7 heteroatoms. The topological polar surface area (TPSA) is 80.4 Å². The molecule has 17 heavy (non-hydrogen) atoms. The van der Waals surface area contributed by atoms with E-state index in [0.29, 0.717) is 16.5 Å². The number of aliphatic carboxylic acids is 1. The van der Waals surface area contributed by atoms with Gasteiger partial charge in [0.05, 0.1) is 16.4 Å². The van der Waals surface area contributed by atoms with Gasteiger partial charge in [-0.2, -0.15) is 11.8 Å². The summed E-state index contributed by atoms with van der Waals surface area (Å²) in [4.78, 5) is 20.3. The first kappa shape index (κ1) is 13.8. The summed E-state index contributed by atoms with van der Waals surface area (Å²) in [6, 6.07) is 4.28. The van der Waals surface area contributed by atoms with Gasteiger partial charge >= 0.3 is 5.97 Å². The maximum Gasteiger partial charge on any atom is 0.304 e. The first-order chi connectivity index (χ1) is 8.00. The lowest BCUT2D eigenvalue weighted by Gasteiger charge is -2.03. The lowest BCUT2D eigenvalue weighted by atomic mass is 10.2. The Labute approximate surface area is 107 Å². The number of nitro benzene ring substituents is 1. The highest BCUT2D eigenvalue weighted by Crippen LogP contribution is 2.25. The van der Waals surface area contributed by atoms with Crippen molar-refractivity contribution in [3.63, 3.8) is 0 Å². The summed E-state index contributed by atoms with van der Waals surface area (Å²) in [5.74, 6) is 0.194. The second-order valence-electron chi connectivity index (χ2n) is 3.23. The van der Waals surface area contributed by atoms with Crippen LogP contribution < -0.4 is 0 Å². The Kier molecular flexibility index (Phi) is 5.24. The van der Waals surface area contributed by atoms with Crippen molar-refractivity contribution in [2.75, 3.05) is 5.75 Å². The number of benzene rings is 1. The predicted molar refractivity (Wildman–Crippen MR) is 66.5 cm³/mol. The smallest absolute Gasteiger partial charge is 0.304 e. The zero-order valence-corrected chi connectivity index (χ0v) is 10.3. The van der Waals surface area contributed by atoms with Crippen molar-refractivity contribution in [1.82, 2.24) is 0 Å². The van der Waals surface area contributed by atoms with Crippen LogP contribution >= 0.6 is 23.4 Å². The molecule has 0 saturated carbocycles. The van der Waals surface area contributed by atoms with Gasteiger partial charge in [0.1, 0.15) is 0 Å². The molecule has 0 aliphatic heterocycles. The number of thioether (sulfide) groups is 1. The monoisotopic (exact) mass is 275 g/mol. The Hall–Kier alpha value is -1.27. The van der Waals surface area contributed by atoms with Gasteiger partial charge in [0.2, 0.25) is 0 Å². The molecule has 0 bridgehead atoms. The third kappa shape index (κ3) is 4.62. The van der Waals surface area contributed by atoms with Gasteiger partial charge in [-0.15, -0.1) is 0 Å². The summed E-state index contributed by atoms with van der Waals surface area (Å²) >= 11 is 7.31. The Morgan fingerprint density at radius 3 is 2.76 bits per heavy atom. The normalized spacial score (nSPS) is 10.2. The van der Waals surface area contributed by atoms with Gasteiger partial charge in [-0.05, 0) is 11.6 Å². The highest BCUT2D eigenvalue weighted by Gasteiger charge is 2.09. The molecule has 0 aromatic heterocycles. The van der Waals surface area contributed by atoms with Crippen LogP contribution in [0.3, 0.4) is 0 Å². The number of carbonyl (C=O) groups is 1. The average Bonchev–Trinajstić information content (AvgIpc) is 2.25. The fraction of sp³-hybridized carbons (Fsp3) is 0.300. The van der Waals surface area contributed by atoms with Crippen molar-refractivity contribution in [1.29, 1.82) is 0 Å². The van der Waals surface area contributed by atoms with Crippen LogP contribution in [0.15, 0.2) is 18.2 Å². The first-order valence-corrected chi connectivity index (χ1v) is 6.26. The molecule has 0 aliphatic rings. The zero-order valence-electron chi connectivity index (χ0n) is 8.76. The molecule has 5 nitrogen and oxygen atoms in total. The minimum atomic E-state index is -0.840. The molecule has 0 heterocycles. The molecule has 0 amide bonds. The molecule has 1 rings (SSSR count). The summed E-state index contributed by atoms with van der Waals surface area (Å²) < 4.78 is 0. The van der Waals surface area contributed by atoms with Crippen molar-refractivity contribution < 1.29 is 14.8 Å². The van der Waals surface area contributed by atoms with Crippen molar-refractivity contribution in [3.8, 4) is 0 Å². The van der Waals surface area contributed by atoms with E-state index in [9.17, 15) is 14.9 Å². The van der Waals surface area contributed by atoms with Crippen LogP contribution in [0.4, 0.5) is 5.69 Å². The molecule has 0 spiro atoms. The number of halogens is 1. The summed E-state index contributed by atoms with van der Waals surface area (Å²) in [6.45, 7) is 0. The van der Waals surface area contributed by atoms with E-state index in [4.69, 9.17) is 16.7 Å². The van der Waals surface area contributed by atoms with Crippen molar-refractivity contribution in [3.05, 3.63) is 38.9 Å². The van der Waals surface area contributed by atoms with E-state index in [1.165, 1.54) is 23.9 Å². The van der Waals surface area contributed by atoms with E-state index >= 15 is 0 Å². The first-order valence-electron chi connectivity index (χ1n) is 4.73. The van der Waals surface area contributed by atoms with Gasteiger partial charge in [0.25, 0.3) is 5.69 Å². The minimum Gasteiger partial charge on any atom is -0.481 e. The lowest BCUT2D eigenvalue weighted by Crippen LogP contribution is -1.96. The number of hydrogen-bond acceptors (Lipinski definition) is 4. The molecule has 0 unspecified atom stereocenters. The Bertz CT molecular complexity index is 438. The molecule has 0 fully saturated rings. The molecule has 92 valence electrons. The van der Waals surface area contributed by atoms with Crippen LogP contribution in [0.2, 0.25) is 5.02 Å². The zero-order chi connectivity index (χ0) is 12.8. The molecule has 1 aromatic carbocycles. The van der Waals surface area contributed by atoms with Gasteiger partial charge in [0.15, 0.2) is 0 Å². The quantitative estimate of drug-likeness (QED) is 0.490. The van der Waals surface area contributed by atoms with Crippen molar-refractivity contribution in [2.45, 2.75) is 12.2 Å². The van der Waals surface area contributed by atoms with Gasteiger partial charge < -0.3 is 5.11 Å². The van der Waals surface area contributed by atoms with E-state index in [1.807, 2.05) is 0 Å². The second kappa shape index (κ2) is 6.46. The highest BCUT2D eigenvalue weighted by atomic mass is 35.5. The van der Waals surface area contributed by atoms with Crippen LogP contribution in [0.1, 0.15) is 12.0 Å². The van der Waals surface area contributed by atoms with Gasteiger partial charge in [-0.1, -0.05) is 11.6 Å². The molecular formula is C10H10ClNO4S. The van der Waals surface area contributed by atoms with E-state index in [0.717, 1.165) is 5.56 Å². The molecule has 1 aromatic rings. The molecule has 0 saturated heterocycles. The van der Waals surface area contributed by atoms with Gasteiger partial charge in [-0.3, -0.25) is 14.9 Å². The number of rotatable bonds is 6. The van der Waals surface area contributed by atoms with Crippen LogP contribution in [-0.2, 0) is 10.5 Å². The Morgan fingerprint density at radius 1 is 1.53 bits per heavy atom. The summed E-state index contributed by atoms with van der Waals surface area (Å²) in [6.07, 6.45) is 0.0925. The fourth-order valence-electron chi connectivity index (χ4n) is 1.11. The van der Waals surface area contributed by atoms with E-state index in [1.54, 1.807) is 6.07 Å². The SMILES string of the molecule is O=C(O)CCSCc1ccc([N+](=O)[O-])cc1Cl. The molecular weight excluding hydrogens is 266 g/mol. The fourth-order valence-corrected chi connectivity index (χ4v) is 2.36. The van der Waals surface area contributed by atoms with E-state index in [2.05, 4.69) is 0 Å². The van der Waals surface area contributed by atoms with Crippen molar-refractivity contribution in [2.24, 2.45) is 0 Å². The van der Waals surface area contributed by atoms with E-state index < -0.39 is 10.9 Å². The minimum absolute atomic E-state index is 0.0470.